The number of nitrogens with zero attached hydrogens (tertiary/aromatic N) is 4. The Morgan fingerprint density at radius 3 is 2.65 bits per heavy atom. The van der Waals surface area contributed by atoms with Gasteiger partial charge in [-0.2, -0.15) is 4.31 Å². The first-order valence-corrected chi connectivity index (χ1v) is 10.1. The van der Waals surface area contributed by atoms with E-state index in [1.165, 1.54) is 37.4 Å². The van der Waals surface area contributed by atoms with E-state index in [0.29, 0.717) is 36.9 Å². The van der Waals surface area contributed by atoms with Crippen LogP contribution in [0.2, 0.25) is 0 Å². The number of hydrogen-bond donors (Lipinski definition) is 0. The second-order valence-corrected chi connectivity index (χ2v) is 8.63. The van der Waals surface area contributed by atoms with E-state index in [9.17, 15) is 8.42 Å². The highest BCUT2D eigenvalue weighted by Gasteiger charge is 2.36. The molecule has 8 nitrogen and oxygen atoms in total. The minimum Gasteiger partial charge on any atom is -0.497 e. The van der Waals surface area contributed by atoms with Gasteiger partial charge in [-0.1, -0.05) is 5.21 Å². The molecule has 0 radical (unpaired) electrons. The first-order valence-electron chi connectivity index (χ1n) is 8.67. The number of aromatic nitrogens is 3. The Kier molecular flexibility index (Phi) is 4.36. The van der Waals surface area contributed by atoms with Gasteiger partial charge in [-0.15, -0.1) is 5.10 Å². The molecule has 2 aliphatic rings. The van der Waals surface area contributed by atoms with Gasteiger partial charge in [0.05, 0.1) is 26.0 Å². The zero-order chi connectivity index (χ0) is 18.3. The van der Waals surface area contributed by atoms with Gasteiger partial charge in [0.25, 0.3) is 0 Å². The molecule has 1 aliphatic heterocycles. The van der Waals surface area contributed by atoms with Crippen LogP contribution >= 0.6 is 0 Å². The summed E-state index contributed by atoms with van der Waals surface area (Å²) in [6.45, 7) is 0.808. The van der Waals surface area contributed by atoms with Gasteiger partial charge in [0.2, 0.25) is 10.0 Å². The second kappa shape index (κ2) is 6.55. The lowest BCUT2D eigenvalue weighted by Gasteiger charge is -2.19. The Morgan fingerprint density at radius 1 is 1.15 bits per heavy atom. The molecule has 0 N–H and O–H groups in total. The van der Waals surface area contributed by atoms with Crippen molar-refractivity contribution in [3.8, 4) is 11.5 Å². The predicted octanol–water partition coefficient (Wildman–Crippen LogP) is 1.81. The SMILES string of the molecule is COc1ccc(OC)c(S(=O)(=O)N2CCC(n3cc(C4CC4)nn3)C2)c1. The molecule has 1 aliphatic carbocycles. The van der Waals surface area contributed by atoms with Crippen LogP contribution in [-0.4, -0.2) is 55.0 Å². The molecule has 4 rings (SSSR count). The first kappa shape index (κ1) is 17.3. The average molecular weight is 378 g/mol. The molecule has 1 saturated heterocycles. The molecule has 1 aromatic carbocycles. The standard InChI is InChI=1S/C17H22N4O4S/c1-24-14-5-6-16(25-2)17(9-14)26(22,23)20-8-7-13(10-20)21-11-15(18-19-21)12-3-4-12/h5-6,9,11-13H,3-4,7-8,10H2,1-2H3. The van der Waals surface area contributed by atoms with Crippen molar-refractivity contribution in [2.75, 3.05) is 27.3 Å². The molecule has 140 valence electrons. The maximum Gasteiger partial charge on any atom is 0.246 e. The lowest BCUT2D eigenvalue weighted by Crippen LogP contribution is -2.29. The third-order valence-corrected chi connectivity index (χ3v) is 6.90. The Bertz CT molecular complexity index is 907. The number of ether oxygens (including phenoxy) is 2. The van der Waals surface area contributed by atoms with Crippen LogP contribution in [0.5, 0.6) is 11.5 Å². The lowest BCUT2D eigenvalue weighted by molar-refractivity contribution is 0.386. The van der Waals surface area contributed by atoms with Crippen molar-refractivity contribution in [1.29, 1.82) is 0 Å². The van der Waals surface area contributed by atoms with E-state index in [1.54, 1.807) is 12.1 Å². The summed E-state index contributed by atoms with van der Waals surface area (Å²) in [6.07, 6.45) is 5.00. The summed E-state index contributed by atoms with van der Waals surface area (Å²) in [5, 5.41) is 8.44. The molecule has 2 fully saturated rings. The smallest absolute Gasteiger partial charge is 0.246 e. The third kappa shape index (κ3) is 3.05. The Balaban J connectivity index is 1.57. The van der Waals surface area contributed by atoms with Crippen LogP contribution in [0.4, 0.5) is 0 Å². The van der Waals surface area contributed by atoms with Crippen LogP contribution < -0.4 is 9.47 Å². The summed E-state index contributed by atoms with van der Waals surface area (Å²) in [4.78, 5) is 0.122. The summed E-state index contributed by atoms with van der Waals surface area (Å²) in [5.74, 6) is 1.32. The number of hydrogen-bond acceptors (Lipinski definition) is 6. The van der Waals surface area contributed by atoms with Crippen LogP contribution in [0.25, 0.3) is 0 Å². The van der Waals surface area contributed by atoms with Gasteiger partial charge in [-0.05, 0) is 31.4 Å². The van der Waals surface area contributed by atoms with E-state index in [-0.39, 0.29) is 10.9 Å². The van der Waals surface area contributed by atoms with Crippen molar-refractivity contribution in [2.24, 2.45) is 0 Å². The van der Waals surface area contributed by atoms with Crippen LogP contribution in [-0.2, 0) is 10.0 Å². The van der Waals surface area contributed by atoms with Crippen molar-refractivity contribution >= 4 is 10.0 Å². The molecule has 2 heterocycles. The van der Waals surface area contributed by atoms with Crippen molar-refractivity contribution in [3.05, 3.63) is 30.1 Å². The molecule has 2 aromatic rings. The van der Waals surface area contributed by atoms with E-state index in [1.807, 2.05) is 10.9 Å². The number of sulfonamides is 1. The molecule has 0 amide bonds. The van der Waals surface area contributed by atoms with Crippen molar-refractivity contribution in [1.82, 2.24) is 19.3 Å². The van der Waals surface area contributed by atoms with Crippen LogP contribution in [0.1, 0.15) is 36.9 Å². The largest absolute Gasteiger partial charge is 0.497 e. The summed E-state index contributed by atoms with van der Waals surface area (Å²) in [6, 6.07) is 4.79. The van der Waals surface area contributed by atoms with Gasteiger partial charge in [0.15, 0.2) is 0 Å². The van der Waals surface area contributed by atoms with Gasteiger partial charge in [0, 0.05) is 31.3 Å². The molecule has 0 spiro atoms. The second-order valence-electron chi connectivity index (χ2n) is 6.72. The maximum absolute atomic E-state index is 13.1. The fourth-order valence-electron chi connectivity index (χ4n) is 3.30. The monoisotopic (exact) mass is 378 g/mol. The zero-order valence-corrected chi connectivity index (χ0v) is 15.6. The molecule has 0 bridgehead atoms. The number of rotatable bonds is 6. The van der Waals surface area contributed by atoms with Crippen molar-refractivity contribution < 1.29 is 17.9 Å². The molecule has 1 saturated carbocycles. The fraction of sp³-hybridized carbons (Fsp3) is 0.529. The van der Waals surface area contributed by atoms with Crippen LogP contribution in [0.15, 0.2) is 29.3 Å². The van der Waals surface area contributed by atoms with Crippen molar-refractivity contribution in [3.63, 3.8) is 0 Å². The Hall–Kier alpha value is -2.13. The van der Waals surface area contributed by atoms with E-state index in [0.717, 1.165) is 5.69 Å². The highest BCUT2D eigenvalue weighted by molar-refractivity contribution is 7.89. The minimum absolute atomic E-state index is 0.00128. The summed E-state index contributed by atoms with van der Waals surface area (Å²) in [5.41, 5.74) is 1.01. The fourth-order valence-corrected chi connectivity index (χ4v) is 4.97. The molecular weight excluding hydrogens is 356 g/mol. The van der Waals surface area contributed by atoms with E-state index >= 15 is 0 Å². The van der Waals surface area contributed by atoms with Crippen molar-refractivity contribution in [2.45, 2.75) is 36.1 Å². The topological polar surface area (TPSA) is 86.5 Å². The number of benzene rings is 1. The Morgan fingerprint density at radius 2 is 1.96 bits per heavy atom. The molecular formula is C17H22N4O4S. The quantitative estimate of drug-likeness (QED) is 0.762. The Labute approximate surface area is 152 Å². The molecule has 9 heteroatoms. The van der Waals surface area contributed by atoms with E-state index < -0.39 is 10.0 Å². The molecule has 1 unspecified atom stereocenters. The average Bonchev–Trinajstić information content (AvgIpc) is 3.18. The van der Waals surface area contributed by atoms with Crippen LogP contribution in [0.3, 0.4) is 0 Å². The zero-order valence-electron chi connectivity index (χ0n) is 14.8. The molecule has 1 atom stereocenters. The predicted molar refractivity (Wildman–Crippen MR) is 94.0 cm³/mol. The van der Waals surface area contributed by atoms with Gasteiger partial charge in [-0.25, -0.2) is 13.1 Å². The molecule has 26 heavy (non-hydrogen) atoms. The summed E-state index contributed by atoms with van der Waals surface area (Å²) >= 11 is 0. The van der Waals surface area contributed by atoms with Gasteiger partial charge in [0.1, 0.15) is 16.4 Å². The highest BCUT2D eigenvalue weighted by Crippen LogP contribution is 2.39. The number of methoxy groups -OCH3 is 2. The van der Waals surface area contributed by atoms with E-state index in [4.69, 9.17) is 9.47 Å². The van der Waals surface area contributed by atoms with E-state index in [2.05, 4.69) is 10.3 Å². The van der Waals surface area contributed by atoms with Gasteiger partial charge < -0.3 is 9.47 Å². The third-order valence-electron chi connectivity index (χ3n) is 5.01. The summed E-state index contributed by atoms with van der Waals surface area (Å²) in [7, 11) is -0.718. The first-order chi connectivity index (χ1) is 12.5. The maximum atomic E-state index is 13.1. The normalized spacial score (nSPS) is 21.1. The molecule has 1 aromatic heterocycles. The van der Waals surface area contributed by atoms with Gasteiger partial charge >= 0.3 is 0 Å². The van der Waals surface area contributed by atoms with Gasteiger partial charge in [-0.3, -0.25) is 0 Å². The summed E-state index contributed by atoms with van der Waals surface area (Å²) < 4.78 is 40.0. The van der Waals surface area contributed by atoms with Crippen LogP contribution in [0, 0.1) is 0 Å². The highest BCUT2D eigenvalue weighted by atomic mass is 32.2. The lowest BCUT2D eigenvalue weighted by atomic mass is 10.2. The minimum atomic E-state index is -3.69.